The topological polar surface area (TPSA) is 110 Å². The fourth-order valence-electron chi connectivity index (χ4n) is 3.21. The number of halogens is 1. The number of hydrogen-bond acceptors (Lipinski definition) is 5. The normalized spacial score (nSPS) is 10.4. The van der Waals surface area contributed by atoms with Crippen molar-refractivity contribution in [1.29, 1.82) is 5.26 Å². The number of nitrogens with zero attached hydrogens (tertiary/aromatic N) is 3. The maximum absolute atomic E-state index is 13.3. The van der Waals surface area contributed by atoms with Gasteiger partial charge in [0.05, 0.1) is 10.5 Å². The Morgan fingerprint density at radius 1 is 1.23 bits per heavy atom. The predicted octanol–water partition coefficient (Wildman–Crippen LogP) is 4.34. The summed E-state index contributed by atoms with van der Waals surface area (Å²) in [4.78, 5) is 23.0. The third-order valence-electron chi connectivity index (χ3n) is 4.90. The Morgan fingerprint density at radius 2 is 1.90 bits per heavy atom. The third-order valence-corrected chi connectivity index (χ3v) is 4.90. The Morgan fingerprint density at radius 3 is 2.48 bits per heavy atom. The number of nitriles is 1. The van der Waals surface area contributed by atoms with Crippen molar-refractivity contribution in [2.75, 3.05) is 11.9 Å². The summed E-state index contributed by atoms with van der Waals surface area (Å²) in [7, 11) is 0. The molecular formula is C22H19FN4O4. The van der Waals surface area contributed by atoms with E-state index in [9.17, 15) is 24.6 Å². The van der Waals surface area contributed by atoms with E-state index in [2.05, 4.69) is 11.4 Å². The molecule has 3 aromatic rings. The van der Waals surface area contributed by atoms with Crippen molar-refractivity contribution in [2.24, 2.45) is 0 Å². The number of nitro benzene ring substituents is 1. The van der Waals surface area contributed by atoms with Gasteiger partial charge >= 0.3 is 0 Å². The molecule has 1 N–H and O–H groups in total. The second kappa shape index (κ2) is 8.67. The van der Waals surface area contributed by atoms with Gasteiger partial charge in [-0.2, -0.15) is 5.26 Å². The second-order valence-corrected chi connectivity index (χ2v) is 6.90. The summed E-state index contributed by atoms with van der Waals surface area (Å²) < 4.78 is 20.5. The minimum Gasteiger partial charge on any atom is -0.484 e. The highest BCUT2D eigenvalue weighted by molar-refractivity contribution is 5.93. The Kier molecular flexibility index (Phi) is 6.02. The van der Waals surface area contributed by atoms with E-state index in [0.29, 0.717) is 28.1 Å². The van der Waals surface area contributed by atoms with Gasteiger partial charge in [0.15, 0.2) is 6.61 Å². The Bertz CT molecular complexity index is 1210. The maximum atomic E-state index is 13.3. The molecular weight excluding hydrogens is 403 g/mol. The molecule has 0 spiro atoms. The van der Waals surface area contributed by atoms with Gasteiger partial charge in [-0.3, -0.25) is 19.5 Å². The molecule has 2 aromatic carbocycles. The minimum atomic E-state index is -0.520. The van der Waals surface area contributed by atoms with Crippen LogP contribution in [-0.2, 0) is 4.79 Å². The molecule has 3 rings (SSSR count). The van der Waals surface area contributed by atoms with Crippen LogP contribution in [0.1, 0.15) is 22.4 Å². The highest BCUT2D eigenvalue weighted by Crippen LogP contribution is 2.30. The Labute approximate surface area is 177 Å². The molecule has 0 unspecified atom stereocenters. The number of nitro groups is 1. The number of aromatic nitrogens is 1. The van der Waals surface area contributed by atoms with Crippen LogP contribution in [0.3, 0.4) is 0 Å². The molecule has 0 bridgehead atoms. The fourth-order valence-corrected chi connectivity index (χ4v) is 3.21. The molecule has 0 saturated carbocycles. The third kappa shape index (κ3) is 4.38. The molecule has 0 atom stereocenters. The molecule has 158 valence electrons. The van der Waals surface area contributed by atoms with Gasteiger partial charge in [-0.1, -0.05) is 0 Å². The smallest absolute Gasteiger partial charge is 0.272 e. The Balaban J connectivity index is 1.83. The second-order valence-electron chi connectivity index (χ2n) is 6.90. The Hall–Kier alpha value is -4.19. The van der Waals surface area contributed by atoms with Crippen LogP contribution in [0.4, 0.5) is 15.9 Å². The van der Waals surface area contributed by atoms with Crippen LogP contribution in [0.15, 0.2) is 42.5 Å². The summed E-state index contributed by atoms with van der Waals surface area (Å²) in [5.41, 5.74) is 2.66. The lowest BCUT2D eigenvalue weighted by molar-refractivity contribution is -0.385. The number of nitrogens with one attached hydrogen (secondary N) is 1. The average Bonchev–Trinajstić information content (AvgIpc) is 2.96. The maximum Gasteiger partial charge on any atom is 0.272 e. The SMILES string of the molecule is Cc1cc(OCC(=O)Nc2c(C#N)c(C)c(C)n2-c2ccc(F)cc2)ccc1[N+](=O)[O-]. The van der Waals surface area contributed by atoms with Crippen LogP contribution in [0.25, 0.3) is 5.69 Å². The number of ether oxygens (including phenoxy) is 1. The number of carbonyl (C=O) groups excluding carboxylic acids is 1. The van der Waals surface area contributed by atoms with Crippen LogP contribution < -0.4 is 10.1 Å². The van der Waals surface area contributed by atoms with E-state index in [1.165, 1.54) is 30.3 Å². The molecule has 0 fully saturated rings. The van der Waals surface area contributed by atoms with Gasteiger partial charge in [-0.05, 0) is 62.7 Å². The molecule has 31 heavy (non-hydrogen) atoms. The fraction of sp³-hybridized carbons (Fsp3) is 0.182. The predicted molar refractivity (Wildman–Crippen MR) is 112 cm³/mol. The highest BCUT2D eigenvalue weighted by atomic mass is 19.1. The zero-order valence-corrected chi connectivity index (χ0v) is 17.1. The van der Waals surface area contributed by atoms with Gasteiger partial charge in [0, 0.05) is 23.0 Å². The molecule has 8 nitrogen and oxygen atoms in total. The standard InChI is InChI=1S/C22H19FN4O4/c1-13-10-18(8-9-20(13)27(29)30)31-12-21(28)25-22-19(11-24)14(2)15(3)26(22)17-6-4-16(23)5-7-17/h4-10H,12H2,1-3H3,(H,25,28). The number of rotatable bonds is 6. The average molecular weight is 422 g/mol. The van der Waals surface area contributed by atoms with Gasteiger partial charge < -0.3 is 10.1 Å². The number of anilines is 1. The van der Waals surface area contributed by atoms with Crippen LogP contribution in [-0.4, -0.2) is 22.0 Å². The lowest BCUT2D eigenvalue weighted by atomic mass is 10.2. The van der Waals surface area contributed by atoms with E-state index in [1.807, 2.05) is 0 Å². The molecule has 1 amide bonds. The molecule has 0 aliphatic carbocycles. The summed E-state index contributed by atoms with van der Waals surface area (Å²) >= 11 is 0. The molecule has 1 aromatic heterocycles. The molecule has 0 radical (unpaired) electrons. The van der Waals surface area contributed by atoms with E-state index in [1.54, 1.807) is 37.5 Å². The van der Waals surface area contributed by atoms with Crippen molar-refractivity contribution in [3.63, 3.8) is 0 Å². The van der Waals surface area contributed by atoms with Gasteiger partial charge in [-0.25, -0.2) is 4.39 Å². The van der Waals surface area contributed by atoms with Crippen LogP contribution in [0.2, 0.25) is 0 Å². The number of hydrogen-bond donors (Lipinski definition) is 1. The van der Waals surface area contributed by atoms with E-state index in [0.717, 1.165) is 5.69 Å². The van der Waals surface area contributed by atoms with E-state index >= 15 is 0 Å². The van der Waals surface area contributed by atoms with Gasteiger partial charge in [0.1, 0.15) is 23.5 Å². The van der Waals surface area contributed by atoms with Crippen LogP contribution in [0.5, 0.6) is 5.75 Å². The molecule has 1 heterocycles. The van der Waals surface area contributed by atoms with Crippen molar-refractivity contribution < 1.29 is 18.8 Å². The number of carbonyl (C=O) groups is 1. The first kappa shape index (κ1) is 21.5. The van der Waals surface area contributed by atoms with Gasteiger partial charge in [0.2, 0.25) is 0 Å². The quantitative estimate of drug-likeness (QED) is 0.469. The van der Waals surface area contributed by atoms with E-state index in [4.69, 9.17) is 4.74 Å². The molecule has 0 saturated heterocycles. The first-order chi connectivity index (χ1) is 14.7. The molecule has 0 aliphatic heterocycles. The lowest BCUT2D eigenvalue weighted by Gasteiger charge is -2.14. The molecule has 9 heteroatoms. The first-order valence-electron chi connectivity index (χ1n) is 9.28. The van der Waals surface area contributed by atoms with Crippen LogP contribution >= 0.6 is 0 Å². The van der Waals surface area contributed by atoms with Crippen molar-refractivity contribution in [2.45, 2.75) is 20.8 Å². The zero-order valence-electron chi connectivity index (χ0n) is 17.1. The highest BCUT2D eigenvalue weighted by Gasteiger charge is 2.21. The summed E-state index contributed by atoms with van der Waals surface area (Å²) in [6.45, 7) is 4.77. The first-order valence-corrected chi connectivity index (χ1v) is 9.28. The van der Waals surface area contributed by atoms with Crippen molar-refractivity contribution in [3.05, 3.63) is 80.8 Å². The monoisotopic (exact) mass is 422 g/mol. The van der Waals surface area contributed by atoms with Crippen molar-refractivity contribution >= 4 is 17.4 Å². The zero-order chi connectivity index (χ0) is 22.7. The lowest BCUT2D eigenvalue weighted by Crippen LogP contribution is -2.22. The summed E-state index contributed by atoms with van der Waals surface area (Å²) in [6.07, 6.45) is 0. The number of benzene rings is 2. The van der Waals surface area contributed by atoms with Gasteiger partial charge in [-0.15, -0.1) is 0 Å². The summed E-state index contributed by atoms with van der Waals surface area (Å²) in [6, 6.07) is 12.0. The largest absolute Gasteiger partial charge is 0.484 e. The molecule has 0 aliphatic rings. The summed E-state index contributed by atoms with van der Waals surface area (Å²) in [5, 5.41) is 23.2. The summed E-state index contributed by atoms with van der Waals surface area (Å²) in [5.74, 6) is -0.353. The van der Waals surface area contributed by atoms with Crippen LogP contribution in [0, 0.1) is 48.0 Å². The number of amides is 1. The van der Waals surface area contributed by atoms with Crippen molar-refractivity contribution in [3.8, 4) is 17.5 Å². The van der Waals surface area contributed by atoms with Gasteiger partial charge in [0.25, 0.3) is 11.6 Å². The number of aryl methyl sites for hydroxylation is 1. The van der Waals surface area contributed by atoms with E-state index < -0.39 is 16.6 Å². The minimum absolute atomic E-state index is 0.0430. The van der Waals surface area contributed by atoms with Crippen molar-refractivity contribution in [1.82, 2.24) is 4.57 Å². The van der Waals surface area contributed by atoms with E-state index in [-0.39, 0.29) is 18.1 Å².